The molecule has 0 spiro atoms. The highest BCUT2D eigenvalue weighted by Gasteiger charge is 2.30. The molecule has 28 heavy (non-hydrogen) atoms. The van der Waals surface area contributed by atoms with Crippen LogP contribution >= 0.6 is 23.1 Å². The molecule has 0 unspecified atom stereocenters. The van der Waals surface area contributed by atoms with Crippen LogP contribution < -0.4 is 5.56 Å². The quantitative estimate of drug-likeness (QED) is 0.469. The van der Waals surface area contributed by atoms with Crippen molar-refractivity contribution in [3.63, 3.8) is 0 Å². The number of aryl methyl sites for hydroxylation is 4. The first-order chi connectivity index (χ1) is 13.4. The van der Waals surface area contributed by atoms with Gasteiger partial charge in [-0.05, 0) is 49.9 Å². The molecule has 1 atom stereocenters. The van der Waals surface area contributed by atoms with E-state index in [4.69, 9.17) is 9.72 Å². The summed E-state index contributed by atoms with van der Waals surface area (Å²) in [6.07, 6.45) is 1.42. The third kappa shape index (κ3) is 3.16. The van der Waals surface area contributed by atoms with Gasteiger partial charge in [0, 0.05) is 11.3 Å². The van der Waals surface area contributed by atoms with Crippen LogP contribution in [0.3, 0.4) is 0 Å². The maximum atomic E-state index is 13.7. The molecule has 2 aromatic heterocycles. The Hall–Kier alpha value is -2.12. The van der Waals surface area contributed by atoms with Crippen LogP contribution in [0.5, 0.6) is 0 Å². The Morgan fingerprint density at radius 1 is 1.29 bits per heavy atom. The zero-order valence-corrected chi connectivity index (χ0v) is 18.0. The zero-order valence-electron chi connectivity index (χ0n) is 16.4. The lowest BCUT2D eigenvalue weighted by atomic mass is 10.1. The van der Waals surface area contributed by atoms with Gasteiger partial charge in [-0.1, -0.05) is 30.8 Å². The Balaban J connectivity index is 2.02. The molecule has 7 heteroatoms. The van der Waals surface area contributed by atoms with Crippen molar-refractivity contribution in [3.05, 3.63) is 50.1 Å². The molecule has 0 radical (unpaired) electrons. The second-order valence-corrected chi connectivity index (χ2v) is 9.43. The van der Waals surface area contributed by atoms with E-state index >= 15 is 0 Å². The third-order valence-electron chi connectivity index (χ3n) is 5.09. The number of fused-ring (bicyclic) bond motifs is 1. The van der Waals surface area contributed by atoms with E-state index in [9.17, 15) is 9.59 Å². The normalized spacial score (nSPS) is 16.7. The van der Waals surface area contributed by atoms with Crippen LogP contribution in [0.4, 0.5) is 0 Å². The number of thiophene rings is 1. The molecule has 1 aromatic carbocycles. The molecule has 0 aliphatic carbocycles. The van der Waals surface area contributed by atoms with Gasteiger partial charge in [0.2, 0.25) is 0 Å². The molecule has 0 amide bonds. The summed E-state index contributed by atoms with van der Waals surface area (Å²) in [7, 11) is 0. The number of cyclic esters (lactones) is 1. The van der Waals surface area contributed by atoms with E-state index in [-0.39, 0.29) is 16.8 Å². The first-order valence-corrected chi connectivity index (χ1v) is 11.1. The van der Waals surface area contributed by atoms with Gasteiger partial charge >= 0.3 is 5.97 Å². The van der Waals surface area contributed by atoms with Crippen molar-refractivity contribution in [2.24, 2.45) is 0 Å². The molecule has 1 saturated heterocycles. The zero-order chi connectivity index (χ0) is 20.0. The molecule has 4 rings (SSSR count). The van der Waals surface area contributed by atoms with Crippen molar-refractivity contribution in [2.45, 2.75) is 50.9 Å². The Bertz CT molecular complexity index is 1150. The number of hydrogen-bond donors (Lipinski definition) is 0. The van der Waals surface area contributed by atoms with E-state index in [1.54, 1.807) is 15.9 Å². The summed E-state index contributed by atoms with van der Waals surface area (Å²) in [6.45, 7) is 8.52. The fraction of sp³-hybridized carbons (Fsp3) is 0.381. The molecular formula is C21H22N2O3S2. The van der Waals surface area contributed by atoms with Gasteiger partial charge in [0.25, 0.3) is 5.56 Å². The molecule has 3 heterocycles. The highest BCUT2D eigenvalue weighted by molar-refractivity contribution is 8.00. The van der Waals surface area contributed by atoms with Gasteiger partial charge in [0.05, 0.1) is 17.7 Å². The summed E-state index contributed by atoms with van der Waals surface area (Å²) in [5, 5.41) is 0.927. The number of esters is 1. The molecule has 5 nitrogen and oxygen atoms in total. The minimum absolute atomic E-state index is 0.0613. The summed E-state index contributed by atoms with van der Waals surface area (Å²) < 4.78 is 6.80. The maximum Gasteiger partial charge on any atom is 0.319 e. The summed E-state index contributed by atoms with van der Waals surface area (Å²) >= 11 is 2.88. The van der Waals surface area contributed by atoms with E-state index in [0.29, 0.717) is 23.6 Å². The monoisotopic (exact) mass is 414 g/mol. The number of ether oxygens (including phenoxy) is 1. The van der Waals surface area contributed by atoms with Crippen LogP contribution in [0.1, 0.15) is 34.9 Å². The van der Waals surface area contributed by atoms with Crippen LogP contribution in [0.25, 0.3) is 15.9 Å². The van der Waals surface area contributed by atoms with Crippen LogP contribution in [-0.2, 0) is 16.0 Å². The van der Waals surface area contributed by atoms with Crippen molar-refractivity contribution >= 4 is 39.3 Å². The molecule has 1 aliphatic rings. The third-order valence-corrected chi connectivity index (χ3v) is 7.33. The average molecular weight is 415 g/mol. The van der Waals surface area contributed by atoms with Crippen molar-refractivity contribution < 1.29 is 9.53 Å². The fourth-order valence-corrected chi connectivity index (χ4v) is 5.81. The second kappa shape index (κ2) is 7.37. The minimum atomic E-state index is -0.326. The molecule has 146 valence electrons. The predicted molar refractivity (Wildman–Crippen MR) is 114 cm³/mol. The van der Waals surface area contributed by atoms with E-state index < -0.39 is 0 Å². The standard InChI is InChI=1S/C21H22N2O3S2/c1-5-14-13(4)27-18-17(14)19(24)23(15-10-11(2)6-7-12(15)3)21(22-18)28-16-8-9-26-20(16)25/h6-7,10,16H,5,8-9H2,1-4H3/t16-/m0/s1. The van der Waals surface area contributed by atoms with E-state index in [1.807, 2.05) is 39.0 Å². The topological polar surface area (TPSA) is 61.2 Å². The number of hydrogen-bond acceptors (Lipinski definition) is 6. The maximum absolute atomic E-state index is 13.7. The lowest BCUT2D eigenvalue weighted by Gasteiger charge is -2.16. The molecule has 0 N–H and O–H groups in total. The van der Waals surface area contributed by atoms with E-state index in [0.717, 1.165) is 38.5 Å². The Labute approximate surface area is 171 Å². The summed E-state index contributed by atoms with van der Waals surface area (Å²) in [5.41, 5.74) is 3.89. The highest BCUT2D eigenvalue weighted by atomic mass is 32.2. The SMILES string of the molecule is CCc1c(C)sc2nc(S[C@H]3CCOC3=O)n(-c3cc(C)ccc3C)c(=O)c12. The number of carbonyl (C=O) groups is 1. The first-order valence-electron chi connectivity index (χ1n) is 9.36. The van der Waals surface area contributed by atoms with E-state index in [1.165, 1.54) is 11.8 Å². The number of benzene rings is 1. The van der Waals surface area contributed by atoms with Crippen molar-refractivity contribution in [1.82, 2.24) is 9.55 Å². The van der Waals surface area contributed by atoms with Crippen LogP contribution in [0.2, 0.25) is 0 Å². The number of thioether (sulfide) groups is 1. The molecule has 3 aromatic rings. The van der Waals surface area contributed by atoms with Crippen LogP contribution in [0, 0.1) is 20.8 Å². The Kier molecular flexibility index (Phi) is 5.05. The summed E-state index contributed by atoms with van der Waals surface area (Å²) in [6, 6.07) is 6.05. The van der Waals surface area contributed by atoms with Crippen molar-refractivity contribution in [1.29, 1.82) is 0 Å². The number of rotatable bonds is 4. The van der Waals surface area contributed by atoms with Crippen molar-refractivity contribution in [3.8, 4) is 5.69 Å². The second-order valence-electron chi connectivity index (χ2n) is 7.06. The fourth-order valence-electron chi connectivity index (χ4n) is 3.59. The minimum Gasteiger partial charge on any atom is -0.465 e. The molecule has 1 fully saturated rings. The number of nitrogens with zero attached hydrogens (tertiary/aromatic N) is 2. The van der Waals surface area contributed by atoms with E-state index in [2.05, 4.69) is 6.92 Å². The summed E-state index contributed by atoms with van der Waals surface area (Å²) in [5.74, 6) is -0.233. The lowest BCUT2D eigenvalue weighted by Crippen LogP contribution is -2.24. The molecule has 0 bridgehead atoms. The summed E-state index contributed by atoms with van der Waals surface area (Å²) in [4.78, 5) is 32.4. The number of carbonyl (C=O) groups excluding carboxylic acids is 1. The molecular weight excluding hydrogens is 392 g/mol. The predicted octanol–water partition coefficient (Wildman–Crippen LogP) is 4.34. The highest BCUT2D eigenvalue weighted by Crippen LogP contribution is 2.34. The average Bonchev–Trinajstić information content (AvgIpc) is 3.20. The van der Waals surface area contributed by atoms with Crippen LogP contribution in [-0.4, -0.2) is 27.4 Å². The van der Waals surface area contributed by atoms with Gasteiger partial charge in [-0.25, -0.2) is 4.98 Å². The van der Waals surface area contributed by atoms with Gasteiger partial charge in [0.15, 0.2) is 5.16 Å². The molecule has 1 aliphatic heterocycles. The van der Waals surface area contributed by atoms with Crippen LogP contribution in [0.15, 0.2) is 28.2 Å². The van der Waals surface area contributed by atoms with Gasteiger partial charge in [-0.15, -0.1) is 11.3 Å². The van der Waals surface area contributed by atoms with Gasteiger partial charge in [0.1, 0.15) is 10.1 Å². The lowest BCUT2D eigenvalue weighted by molar-refractivity contribution is -0.137. The molecule has 0 saturated carbocycles. The largest absolute Gasteiger partial charge is 0.465 e. The Morgan fingerprint density at radius 2 is 2.07 bits per heavy atom. The van der Waals surface area contributed by atoms with Gasteiger partial charge in [-0.3, -0.25) is 14.2 Å². The smallest absolute Gasteiger partial charge is 0.319 e. The Morgan fingerprint density at radius 3 is 2.75 bits per heavy atom. The van der Waals surface area contributed by atoms with Crippen molar-refractivity contribution in [2.75, 3.05) is 6.61 Å². The van der Waals surface area contributed by atoms with Gasteiger partial charge < -0.3 is 4.74 Å². The number of aromatic nitrogens is 2. The van der Waals surface area contributed by atoms with Gasteiger partial charge in [-0.2, -0.15) is 0 Å². The first kappa shape index (κ1) is 19.2.